The zero-order chi connectivity index (χ0) is 31.5. The highest BCUT2D eigenvalue weighted by atomic mass is 79.9. The van der Waals surface area contributed by atoms with Crippen LogP contribution < -0.4 is 9.64 Å². The van der Waals surface area contributed by atoms with Crippen LogP contribution in [-0.2, 0) is 30.7 Å². The van der Waals surface area contributed by atoms with Gasteiger partial charge in [0, 0.05) is 17.2 Å². The van der Waals surface area contributed by atoms with Crippen LogP contribution in [0.3, 0.4) is 0 Å². The Morgan fingerprint density at radius 2 is 1.42 bits per heavy atom. The molecule has 0 saturated heterocycles. The van der Waals surface area contributed by atoms with Gasteiger partial charge in [0.1, 0.15) is 18.0 Å². The molecule has 0 aliphatic rings. The van der Waals surface area contributed by atoms with Crippen molar-refractivity contribution in [2.45, 2.75) is 37.7 Å². The van der Waals surface area contributed by atoms with Crippen LogP contribution in [0.5, 0.6) is 5.75 Å². The molecule has 0 spiro atoms. The number of amides is 1. The second-order valence-electron chi connectivity index (χ2n) is 10.6. The standard InChI is InChI=1S/C32H38BrNO8S/c1-32(2,3)42-31(35)34(4)28-12-7-24(8-13-28)5-6-25-9-14-29(15-10-25)41-22-21-40-20-19-39-18-17-26-23-27(33)11-16-30(26)43(36,37)38/h5-16,23H,17-22H2,1-4H3,(H,36,37,38)/b6-5+. The Hall–Kier alpha value is -3.22. The third kappa shape index (κ3) is 12.1. The Morgan fingerprint density at radius 3 is 2.00 bits per heavy atom. The molecular weight excluding hydrogens is 638 g/mol. The predicted molar refractivity (Wildman–Crippen MR) is 171 cm³/mol. The second kappa shape index (κ2) is 16.0. The van der Waals surface area contributed by atoms with Gasteiger partial charge in [-0.25, -0.2) is 4.79 Å². The number of nitrogens with zero attached hydrogens (tertiary/aromatic N) is 1. The lowest BCUT2D eigenvalue weighted by Gasteiger charge is -2.24. The molecule has 0 aliphatic carbocycles. The van der Waals surface area contributed by atoms with Crippen LogP contribution in [-0.4, -0.2) is 64.7 Å². The summed E-state index contributed by atoms with van der Waals surface area (Å²) in [5.74, 6) is 0.732. The largest absolute Gasteiger partial charge is 0.491 e. The maximum Gasteiger partial charge on any atom is 0.414 e. The average Bonchev–Trinajstić information content (AvgIpc) is 2.94. The van der Waals surface area contributed by atoms with Crippen molar-refractivity contribution in [3.8, 4) is 5.75 Å². The van der Waals surface area contributed by atoms with Crippen molar-refractivity contribution in [2.75, 3.05) is 45.0 Å². The SMILES string of the molecule is CN(C(=O)OC(C)(C)C)c1ccc(/C=C/c2ccc(OCCOCCOCCc3cc(Br)ccc3S(=O)(=O)O)cc2)cc1. The normalized spacial score (nSPS) is 12.0. The highest BCUT2D eigenvalue weighted by molar-refractivity contribution is 9.10. The third-order valence-electron chi connectivity index (χ3n) is 5.98. The van der Waals surface area contributed by atoms with Gasteiger partial charge in [0.15, 0.2) is 0 Å². The van der Waals surface area contributed by atoms with Gasteiger partial charge in [0.2, 0.25) is 0 Å². The summed E-state index contributed by atoms with van der Waals surface area (Å²) >= 11 is 3.31. The Labute approximate surface area is 262 Å². The van der Waals surface area contributed by atoms with Gasteiger partial charge in [0.25, 0.3) is 10.1 Å². The molecule has 0 unspecified atom stereocenters. The number of benzene rings is 3. The first-order valence-corrected chi connectivity index (χ1v) is 15.9. The van der Waals surface area contributed by atoms with Crippen molar-refractivity contribution in [3.05, 3.63) is 87.9 Å². The van der Waals surface area contributed by atoms with Crippen LogP contribution in [0.4, 0.5) is 10.5 Å². The monoisotopic (exact) mass is 675 g/mol. The van der Waals surface area contributed by atoms with E-state index < -0.39 is 21.8 Å². The van der Waals surface area contributed by atoms with E-state index >= 15 is 0 Å². The van der Waals surface area contributed by atoms with Gasteiger partial charge in [-0.05, 0) is 86.3 Å². The van der Waals surface area contributed by atoms with Crippen molar-refractivity contribution >= 4 is 50.0 Å². The van der Waals surface area contributed by atoms with Gasteiger partial charge in [-0.15, -0.1) is 0 Å². The molecule has 0 aromatic heterocycles. The van der Waals surface area contributed by atoms with E-state index in [-0.39, 0.29) is 11.5 Å². The molecule has 1 N–H and O–H groups in total. The summed E-state index contributed by atoms with van der Waals surface area (Å²) < 4.78 is 55.4. The molecule has 0 bridgehead atoms. The lowest BCUT2D eigenvalue weighted by molar-refractivity contribution is 0.0372. The fourth-order valence-electron chi connectivity index (χ4n) is 3.83. The number of carbonyl (C=O) groups excluding carboxylic acids is 1. The molecule has 3 aromatic carbocycles. The van der Waals surface area contributed by atoms with E-state index in [1.807, 2.05) is 81.5 Å². The summed E-state index contributed by atoms with van der Waals surface area (Å²) in [5, 5.41) is 0. The Kier molecular flexibility index (Phi) is 12.8. The van der Waals surface area contributed by atoms with Crippen LogP contribution in [0.2, 0.25) is 0 Å². The van der Waals surface area contributed by atoms with Crippen LogP contribution in [0.25, 0.3) is 12.2 Å². The molecular formula is C32H38BrNO8S. The zero-order valence-electron chi connectivity index (χ0n) is 24.8. The van der Waals surface area contributed by atoms with Gasteiger partial charge >= 0.3 is 6.09 Å². The fraction of sp³-hybridized carbons (Fsp3) is 0.344. The fourth-order valence-corrected chi connectivity index (χ4v) is 4.97. The van der Waals surface area contributed by atoms with Gasteiger partial charge in [-0.1, -0.05) is 52.3 Å². The molecule has 0 heterocycles. The summed E-state index contributed by atoms with van der Waals surface area (Å²) in [7, 11) is -2.60. The maximum absolute atomic E-state index is 12.3. The molecule has 232 valence electrons. The van der Waals surface area contributed by atoms with Crippen molar-refractivity contribution in [1.29, 1.82) is 0 Å². The lowest BCUT2D eigenvalue weighted by Crippen LogP contribution is -2.34. The highest BCUT2D eigenvalue weighted by Crippen LogP contribution is 2.22. The highest BCUT2D eigenvalue weighted by Gasteiger charge is 2.20. The van der Waals surface area contributed by atoms with E-state index in [4.69, 9.17) is 18.9 Å². The van der Waals surface area contributed by atoms with E-state index in [0.717, 1.165) is 27.0 Å². The minimum absolute atomic E-state index is 0.118. The van der Waals surface area contributed by atoms with Gasteiger partial charge in [-0.2, -0.15) is 8.42 Å². The van der Waals surface area contributed by atoms with Crippen molar-refractivity contribution in [3.63, 3.8) is 0 Å². The number of halogens is 1. The number of anilines is 1. The molecule has 43 heavy (non-hydrogen) atoms. The number of ether oxygens (including phenoxy) is 4. The molecule has 0 atom stereocenters. The first-order valence-electron chi connectivity index (χ1n) is 13.7. The van der Waals surface area contributed by atoms with Crippen molar-refractivity contribution < 1.29 is 36.7 Å². The first kappa shape index (κ1) is 34.3. The smallest absolute Gasteiger partial charge is 0.414 e. The molecule has 9 nitrogen and oxygen atoms in total. The minimum atomic E-state index is -4.29. The summed E-state index contributed by atoms with van der Waals surface area (Å²) in [5.41, 5.74) is 2.69. The molecule has 3 aromatic rings. The number of rotatable bonds is 14. The molecule has 0 radical (unpaired) electrons. The van der Waals surface area contributed by atoms with Crippen LogP contribution in [0.1, 0.15) is 37.5 Å². The Morgan fingerprint density at radius 1 is 0.860 bits per heavy atom. The van der Waals surface area contributed by atoms with E-state index in [0.29, 0.717) is 38.4 Å². The van der Waals surface area contributed by atoms with E-state index in [9.17, 15) is 17.8 Å². The molecule has 11 heteroatoms. The average molecular weight is 677 g/mol. The van der Waals surface area contributed by atoms with Crippen molar-refractivity contribution in [2.24, 2.45) is 0 Å². The lowest BCUT2D eigenvalue weighted by atomic mass is 10.1. The molecule has 1 amide bonds. The quantitative estimate of drug-likeness (QED) is 0.112. The minimum Gasteiger partial charge on any atom is -0.491 e. The second-order valence-corrected chi connectivity index (χ2v) is 12.9. The Bertz CT molecular complexity index is 1470. The maximum atomic E-state index is 12.3. The zero-order valence-corrected chi connectivity index (χ0v) is 27.2. The van der Waals surface area contributed by atoms with Crippen molar-refractivity contribution in [1.82, 2.24) is 0 Å². The number of carbonyl (C=O) groups is 1. The van der Waals surface area contributed by atoms with E-state index in [2.05, 4.69) is 15.9 Å². The summed E-state index contributed by atoms with van der Waals surface area (Å²) in [6.45, 7) is 7.29. The topological polar surface area (TPSA) is 112 Å². The Balaban J connectivity index is 1.32. The summed E-state index contributed by atoms with van der Waals surface area (Å²) in [6.07, 6.45) is 3.93. The van der Waals surface area contributed by atoms with Crippen LogP contribution in [0.15, 0.2) is 76.1 Å². The number of hydrogen-bond donors (Lipinski definition) is 1. The van der Waals surface area contributed by atoms with E-state index in [1.54, 1.807) is 19.2 Å². The summed E-state index contributed by atoms with van der Waals surface area (Å²) in [6, 6.07) is 19.9. The van der Waals surface area contributed by atoms with Crippen LogP contribution >= 0.6 is 15.9 Å². The molecule has 0 aliphatic heterocycles. The van der Waals surface area contributed by atoms with Crippen LogP contribution in [0, 0.1) is 0 Å². The summed E-state index contributed by atoms with van der Waals surface area (Å²) in [4.78, 5) is 13.6. The van der Waals surface area contributed by atoms with Gasteiger partial charge in [-0.3, -0.25) is 9.45 Å². The third-order valence-corrected chi connectivity index (χ3v) is 7.43. The first-order chi connectivity index (χ1) is 20.3. The van der Waals surface area contributed by atoms with E-state index in [1.165, 1.54) is 11.0 Å². The molecule has 0 saturated carbocycles. The molecule has 3 rings (SSSR count). The number of hydrogen-bond acceptors (Lipinski definition) is 7. The van der Waals surface area contributed by atoms with Gasteiger partial charge in [0.05, 0.1) is 31.3 Å². The predicted octanol–water partition coefficient (Wildman–Crippen LogP) is 6.89. The van der Waals surface area contributed by atoms with Gasteiger partial charge < -0.3 is 18.9 Å². The molecule has 0 fully saturated rings.